The number of nitrogens with zero attached hydrogens (tertiary/aromatic N) is 6. The number of aromatic nitrogens is 4. The number of benzene rings is 2. The summed E-state index contributed by atoms with van der Waals surface area (Å²) in [7, 11) is 1.65. The first-order valence-corrected chi connectivity index (χ1v) is 11.6. The van der Waals surface area contributed by atoms with E-state index in [1.165, 1.54) is 14.8 Å². The van der Waals surface area contributed by atoms with Gasteiger partial charge >= 0.3 is 5.69 Å². The largest absolute Gasteiger partial charge is 0.497 e. The van der Waals surface area contributed by atoms with Crippen LogP contribution in [-0.2, 0) is 11.3 Å². The van der Waals surface area contributed by atoms with Crippen LogP contribution in [0.25, 0.3) is 16.9 Å². The molecule has 0 unspecified atom stereocenters. The predicted octanol–water partition coefficient (Wildman–Crippen LogP) is 2.53. The molecule has 9 nitrogen and oxygen atoms in total. The zero-order chi connectivity index (χ0) is 24.5. The van der Waals surface area contributed by atoms with E-state index < -0.39 is 5.69 Å². The lowest BCUT2D eigenvalue weighted by Crippen LogP contribution is -2.50. The van der Waals surface area contributed by atoms with Gasteiger partial charge in [-0.25, -0.2) is 9.48 Å². The van der Waals surface area contributed by atoms with E-state index in [0.717, 1.165) is 35.7 Å². The van der Waals surface area contributed by atoms with E-state index in [9.17, 15) is 9.59 Å². The molecule has 0 atom stereocenters. The number of carbonyl (C=O) groups excluding carboxylic acids is 1. The number of amides is 1. The maximum absolute atomic E-state index is 13.0. The molecular formula is C26H28N6O3. The van der Waals surface area contributed by atoms with Gasteiger partial charge < -0.3 is 14.5 Å². The molecule has 2 aromatic carbocycles. The highest BCUT2D eigenvalue weighted by atomic mass is 16.5. The fourth-order valence-corrected chi connectivity index (χ4v) is 4.30. The average Bonchev–Trinajstić information content (AvgIpc) is 3.20. The number of hydrogen-bond donors (Lipinski definition) is 0. The van der Waals surface area contributed by atoms with Gasteiger partial charge in [0.2, 0.25) is 5.91 Å². The minimum absolute atomic E-state index is 0.107. The van der Waals surface area contributed by atoms with Crippen molar-refractivity contribution in [3.8, 4) is 17.0 Å². The fraction of sp³-hybridized carbons (Fsp3) is 0.308. The molecule has 4 aromatic rings. The molecule has 0 aliphatic carbocycles. The summed E-state index contributed by atoms with van der Waals surface area (Å²) in [6, 6.07) is 17.6. The minimum Gasteiger partial charge on any atom is -0.497 e. The molecule has 0 N–H and O–H groups in total. The van der Waals surface area contributed by atoms with Crippen LogP contribution in [0.3, 0.4) is 0 Å². The van der Waals surface area contributed by atoms with Gasteiger partial charge in [-0.1, -0.05) is 12.1 Å². The van der Waals surface area contributed by atoms with E-state index >= 15 is 0 Å². The highest BCUT2D eigenvalue weighted by molar-refractivity contribution is 5.76. The Hall–Kier alpha value is -4.14. The van der Waals surface area contributed by atoms with Gasteiger partial charge in [0.15, 0.2) is 5.65 Å². The molecule has 2 aromatic heterocycles. The van der Waals surface area contributed by atoms with Crippen molar-refractivity contribution in [3.05, 3.63) is 76.2 Å². The lowest BCUT2D eigenvalue weighted by Gasteiger charge is -2.36. The number of fused-ring (bicyclic) bond motifs is 1. The maximum atomic E-state index is 13.0. The van der Waals surface area contributed by atoms with Crippen molar-refractivity contribution in [3.63, 3.8) is 0 Å². The zero-order valence-electron chi connectivity index (χ0n) is 20.1. The molecule has 0 bridgehead atoms. The molecule has 1 fully saturated rings. The smallest absolute Gasteiger partial charge is 0.367 e. The van der Waals surface area contributed by atoms with Crippen molar-refractivity contribution in [2.75, 3.05) is 38.2 Å². The van der Waals surface area contributed by atoms with Crippen LogP contribution in [0.4, 0.5) is 5.69 Å². The van der Waals surface area contributed by atoms with Crippen molar-refractivity contribution < 1.29 is 9.53 Å². The second kappa shape index (κ2) is 9.25. The Morgan fingerprint density at radius 1 is 0.914 bits per heavy atom. The third-order valence-electron chi connectivity index (χ3n) is 6.60. The van der Waals surface area contributed by atoms with Crippen molar-refractivity contribution in [2.45, 2.75) is 20.4 Å². The number of methoxy groups -OCH3 is 1. The van der Waals surface area contributed by atoms with Crippen LogP contribution in [0.2, 0.25) is 0 Å². The Kier molecular flexibility index (Phi) is 5.98. The van der Waals surface area contributed by atoms with E-state index in [-0.39, 0.29) is 12.5 Å². The van der Waals surface area contributed by atoms with Crippen LogP contribution >= 0.6 is 0 Å². The SMILES string of the molecule is COc1ccc(N2CCN(C(=O)Cn3nc4ccc(-c5ccc(C)c(C)c5)nn4c3=O)CC2)cc1. The van der Waals surface area contributed by atoms with Crippen LogP contribution in [0, 0.1) is 13.8 Å². The Morgan fingerprint density at radius 3 is 2.34 bits per heavy atom. The van der Waals surface area contributed by atoms with E-state index in [4.69, 9.17) is 4.74 Å². The molecular weight excluding hydrogens is 444 g/mol. The molecule has 0 spiro atoms. The molecule has 35 heavy (non-hydrogen) atoms. The lowest BCUT2D eigenvalue weighted by molar-refractivity contribution is -0.132. The van der Waals surface area contributed by atoms with Gasteiger partial charge in [0.1, 0.15) is 12.3 Å². The number of aryl methyl sites for hydroxylation is 2. The summed E-state index contributed by atoms with van der Waals surface area (Å²) >= 11 is 0. The Morgan fingerprint density at radius 2 is 1.66 bits per heavy atom. The summed E-state index contributed by atoms with van der Waals surface area (Å²) in [6.07, 6.45) is 0. The second-order valence-electron chi connectivity index (χ2n) is 8.79. The van der Waals surface area contributed by atoms with Gasteiger partial charge in [-0.3, -0.25) is 4.79 Å². The Balaban J connectivity index is 1.27. The summed E-state index contributed by atoms with van der Waals surface area (Å²) in [5.41, 5.74) is 5.06. The van der Waals surface area contributed by atoms with E-state index in [2.05, 4.69) is 22.0 Å². The molecule has 1 amide bonds. The fourth-order valence-electron chi connectivity index (χ4n) is 4.30. The van der Waals surface area contributed by atoms with Crippen molar-refractivity contribution in [1.82, 2.24) is 24.3 Å². The van der Waals surface area contributed by atoms with E-state index in [1.807, 2.05) is 55.5 Å². The van der Waals surface area contributed by atoms with Crippen molar-refractivity contribution in [1.29, 1.82) is 0 Å². The van der Waals surface area contributed by atoms with E-state index in [1.54, 1.807) is 18.1 Å². The molecule has 0 saturated carbocycles. The zero-order valence-corrected chi connectivity index (χ0v) is 20.1. The maximum Gasteiger partial charge on any atom is 0.367 e. The molecule has 1 saturated heterocycles. The first kappa shape index (κ1) is 22.6. The third kappa shape index (κ3) is 4.49. The lowest BCUT2D eigenvalue weighted by atomic mass is 10.0. The van der Waals surface area contributed by atoms with E-state index in [0.29, 0.717) is 24.4 Å². The van der Waals surface area contributed by atoms with Crippen LogP contribution in [-0.4, -0.2) is 63.5 Å². The number of piperazine rings is 1. The normalized spacial score (nSPS) is 13.9. The predicted molar refractivity (Wildman–Crippen MR) is 134 cm³/mol. The van der Waals surface area contributed by atoms with Gasteiger partial charge in [0.05, 0.1) is 12.8 Å². The Bertz CT molecular complexity index is 1430. The van der Waals surface area contributed by atoms with Gasteiger partial charge in [0, 0.05) is 37.4 Å². The van der Waals surface area contributed by atoms with Crippen molar-refractivity contribution >= 4 is 17.2 Å². The summed E-state index contributed by atoms with van der Waals surface area (Å²) in [5, 5.41) is 8.82. The number of rotatable bonds is 5. The summed E-state index contributed by atoms with van der Waals surface area (Å²) < 4.78 is 7.68. The molecule has 3 heterocycles. The highest BCUT2D eigenvalue weighted by Crippen LogP contribution is 2.21. The summed E-state index contributed by atoms with van der Waals surface area (Å²) in [5.74, 6) is 0.690. The van der Waals surface area contributed by atoms with Gasteiger partial charge in [-0.15, -0.1) is 5.10 Å². The number of hydrogen-bond acceptors (Lipinski definition) is 6. The van der Waals surface area contributed by atoms with Crippen LogP contribution in [0.5, 0.6) is 5.75 Å². The molecule has 1 aliphatic rings. The molecule has 9 heteroatoms. The summed E-state index contributed by atoms with van der Waals surface area (Å²) in [6.45, 7) is 6.61. The monoisotopic (exact) mass is 472 g/mol. The first-order chi connectivity index (χ1) is 16.9. The number of carbonyl (C=O) groups is 1. The second-order valence-corrected chi connectivity index (χ2v) is 8.79. The van der Waals surface area contributed by atoms with Crippen molar-refractivity contribution in [2.24, 2.45) is 0 Å². The topological polar surface area (TPSA) is 85.0 Å². The van der Waals surface area contributed by atoms with Gasteiger partial charge in [0.25, 0.3) is 0 Å². The van der Waals surface area contributed by atoms with Gasteiger partial charge in [-0.2, -0.15) is 9.61 Å². The molecule has 1 aliphatic heterocycles. The molecule has 5 rings (SSSR count). The number of anilines is 1. The van der Waals surface area contributed by atoms with Crippen LogP contribution < -0.4 is 15.3 Å². The van der Waals surface area contributed by atoms with Crippen LogP contribution in [0.15, 0.2) is 59.4 Å². The van der Waals surface area contributed by atoms with Gasteiger partial charge in [-0.05, 0) is 67.4 Å². The first-order valence-electron chi connectivity index (χ1n) is 11.6. The van der Waals surface area contributed by atoms with Crippen LogP contribution in [0.1, 0.15) is 11.1 Å². The standard InChI is InChI=1S/C26H28N6O3/c1-18-4-5-20(16-19(18)2)23-10-11-24-28-31(26(34)32(24)27-23)17-25(33)30-14-12-29(13-15-30)21-6-8-22(35-3)9-7-21/h4-11,16H,12-15,17H2,1-3H3. The Labute approximate surface area is 203 Å². The number of ether oxygens (including phenoxy) is 1. The molecule has 180 valence electrons. The third-order valence-corrected chi connectivity index (χ3v) is 6.60. The average molecular weight is 473 g/mol. The highest BCUT2D eigenvalue weighted by Gasteiger charge is 2.23. The molecule has 0 radical (unpaired) electrons. The summed E-state index contributed by atoms with van der Waals surface area (Å²) in [4.78, 5) is 29.9. The quantitative estimate of drug-likeness (QED) is 0.444. The minimum atomic E-state index is -0.420.